The minimum absolute atomic E-state index is 0.514. The van der Waals surface area contributed by atoms with E-state index in [9.17, 15) is 0 Å². The first kappa shape index (κ1) is 15.1. The van der Waals surface area contributed by atoms with Crippen LogP contribution in [0.4, 0.5) is 0 Å². The lowest BCUT2D eigenvalue weighted by atomic mass is 9.91. The molecule has 2 nitrogen and oxygen atoms in total. The van der Waals surface area contributed by atoms with Gasteiger partial charge in [0, 0.05) is 6.04 Å². The maximum Gasteiger partial charge on any atom is 0.122 e. The van der Waals surface area contributed by atoms with E-state index in [1.807, 2.05) is 6.07 Å². The Morgan fingerprint density at radius 1 is 1.20 bits per heavy atom. The summed E-state index contributed by atoms with van der Waals surface area (Å²) in [5, 5.41) is 3.63. The zero-order chi connectivity index (χ0) is 14.2. The van der Waals surface area contributed by atoms with Gasteiger partial charge in [0.1, 0.15) is 5.75 Å². The van der Waals surface area contributed by atoms with Crippen molar-refractivity contribution in [1.29, 1.82) is 0 Å². The first-order chi connectivity index (χ1) is 9.83. The van der Waals surface area contributed by atoms with Crippen LogP contribution in [0.15, 0.2) is 35.9 Å². The lowest BCUT2D eigenvalue weighted by Gasteiger charge is -2.22. The van der Waals surface area contributed by atoms with Gasteiger partial charge in [-0.1, -0.05) is 36.8 Å². The van der Waals surface area contributed by atoms with Gasteiger partial charge in [0.25, 0.3) is 0 Å². The average Bonchev–Trinajstić information content (AvgIpc) is 2.49. The summed E-state index contributed by atoms with van der Waals surface area (Å²) < 4.78 is 5.47. The summed E-state index contributed by atoms with van der Waals surface area (Å²) >= 11 is 0. The van der Waals surface area contributed by atoms with E-state index in [1.54, 1.807) is 12.7 Å². The molecule has 0 heterocycles. The molecule has 0 spiro atoms. The third kappa shape index (κ3) is 4.38. The van der Waals surface area contributed by atoms with E-state index in [0.717, 1.165) is 18.7 Å². The summed E-state index contributed by atoms with van der Waals surface area (Å²) in [4.78, 5) is 0. The number of hydrogen-bond donors (Lipinski definition) is 1. The van der Waals surface area contributed by atoms with E-state index in [0.29, 0.717) is 6.04 Å². The molecule has 2 rings (SSSR count). The number of ether oxygens (including phenoxy) is 1. The maximum absolute atomic E-state index is 5.47. The van der Waals surface area contributed by atoms with Crippen LogP contribution in [0.5, 0.6) is 5.75 Å². The Labute approximate surface area is 123 Å². The number of benzene rings is 1. The summed E-state index contributed by atoms with van der Waals surface area (Å²) in [7, 11) is 1.75. The molecule has 0 saturated carbocycles. The second kappa shape index (κ2) is 8.11. The number of para-hydroxylation sites is 1. The maximum atomic E-state index is 5.47. The van der Waals surface area contributed by atoms with E-state index in [2.05, 4.69) is 36.5 Å². The fourth-order valence-corrected chi connectivity index (χ4v) is 3.05. The topological polar surface area (TPSA) is 21.3 Å². The number of nitrogens with one attached hydrogen (secondary N) is 1. The summed E-state index contributed by atoms with van der Waals surface area (Å²) in [6.45, 7) is 3.21. The molecule has 0 aliphatic heterocycles. The fraction of sp³-hybridized carbons (Fsp3) is 0.556. The molecule has 1 unspecified atom stereocenters. The van der Waals surface area contributed by atoms with Crippen molar-refractivity contribution < 1.29 is 4.74 Å². The normalized spacial score (nSPS) is 16.6. The third-order valence-corrected chi connectivity index (χ3v) is 4.05. The fourth-order valence-electron chi connectivity index (χ4n) is 3.05. The van der Waals surface area contributed by atoms with Crippen molar-refractivity contribution in [2.24, 2.45) is 0 Å². The van der Waals surface area contributed by atoms with E-state index in [4.69, 9.17) is 4.74 Å². The molecule has 0 amide bonds. The largest absolute Gasteiger partial charge is 0.496 e. The molecule has 1 atom stereocenters. The highest BCUT2D eigenvalue weighted by Crippen LogP contribution is 2.25. The Morgan fingerprint density at radius 3 is 2.75 bits per heavy atom. The second-order valence-corrected chi connectivity index (χ2v) is 5.58. The summed E-state index contributed by atoms with van der Waals surface area (Å²) in [6, 6.07) is 8.88. The third-order valence-electron chi connectivity index (χ3n) is 4.05. The van der Waals surface area contributed by atoms with Gasteiger partial charge in [-0.25, -0.2) is 0 Å². The van der Waals surface area contributed by atoms with Gasteiger partial charge in [-0.2, -0.15) is 0 Å². The quantitative estimate of drug-likeness (QED) is 0.755. The molecule has 0 fully saturated rings. The summed E-state index contributed by atoms with van der Waals surface area (Å²) in [5.41, 5.74) is 2.94. The molecule has 1 aromatic carbocycles. The lowest BCUT2D eigenvalue weighted by molar-refractivity contribution is 0.404. The van der Waals surface area contributed by atoms with E-state index in [-0.39, 0.29) is 0 Å². The number of allylic oxidation sites excluding steroid dienone is 1. The van der Waals surface area contributed by atoms with Gasteiger partial charge in [0.15, 0.2) is 0 Å². The first-order valence-electron chi connectivity index (χ1n) is 7.86. The van der Waals surface area contributed by atoms with Crippen molar-refractivity contribution in [3.05, 3.63) is 41.5 Å². The van der Waals surface area contributed by atoms with Crippen molar-refractivity contribution in [3.63, 3.8) is 0 Å². The van der Waals surface area contributed by atoms with Crippen molar-refractivity contribution in [1.82, 2.24) is 5.32 Å². The first-order valence-corrected chi connectivity index (χ1v) is 7.86. The van der Waals surface area contributed by atoms with E-state index in [1.165, 1.54) is 37.7 Å². The monoisotopic (exact) mass is 273 g/mol. The summed E-state index contributed by atoms with van der Waals surface area (Å²) in [6.07, 6.45) is 9.94. The van der Waals surface area contributed by atoms with Gasteiger partial charge >= 0.3 is 0 Å². The minimum Gasteiger partial charge on any atom is -0.496 e. The van der Waals surface area contributed by atoms with Crippen LogP contribution >= 0.6 is 0 Å². The molecular weight excluding hydrogens is 246 g/mol. The van der Waals surface area contributed by atoms with Crippen LogP contribution in [0.3, 0.4) is 0 Å². The molecule has 0 radical (unpaired) electrons. The highest BCUT2D eigenvalue weighted by Gasteiger charge is 2.14. The zero-order valence-electron chi connectivity index (χ0n) is 12.8. The Morgan fingerprint density at radius 2 is 2.05 bits per heavy atom. The van der Waals surface area contributed by atoms with Gasteiger partial charge in [-0.05, 0) is 56.7 Å². The molecule has 0 bridgehead atoms. The smallest absolute Gasteiger partial charge is 0.122 e. The van der Waals surface area contributed by atoms with Gasteiger partial charge in [-0.3, -0.25) is 0 Å². The van der Waals surface area contributed by atoms with Crippen molar-refractivity contribution in [2.45, 2.75) is 51.5 Å². The molecular formula is C18H27NO. The molecule has 1 aliphatic carbocycles. The van der Waals surface area contributed by atoms with Gasteiger partial charge < -0.3 is 10.1 Å². The molecule has 2 heteroatoms. The standard InChI is InChI=1S/C18H27NO/c1-3-19-17(13-15-9-5-4-6-10-15)14-16-11-7-8-12-18(16)20-2/h7-9,11-12,17,19H,3-6,10,13-14H2,1-2H3. The predicted molar refractivity (Wildman–Crippen MR) is 85.3 cm³/mol. The number of methoxy groups -OCH3 is 1. The average molecular weight is 273 g/mol. The van der Waals surface area contributed by atoms with Gasteiger partial charge in [-0.15, -0.1) is 0 Å². The minimum atomic E-state index is 0.514. The predicted octanol–water partition coefficient (Wildman–Crippen LogP) is 4.11. The van der Waals surface area contributed by atoms with E-state index < -0.39 is 0 Å². The highest BCUT2D eigenvalue weighted by atomic mass is 16.5. The molecule has 0 saturated heterocycles. The van der Waals surface area contributed by atoms with Gasteiger partial charge in [0.2, 0.25) is 0 Å². The Kier molecular flexibility index (Phi) is 6.13. The number of likely N-dealkylation sites (N-methyl/N-ethyl adjacent to an activating group) is 1. The summed E-state index contributed by atoms with van der Waals surface area (Å²) in [5.74, 6) is 1.01. The molecule has 1 aromatic rings. The second-order valence-electron chi connectivity index (χ2n) is 5.58. The van der Waals surface area contributed by atoms with Crippen LogP contribution in [-0.2, 0) is 6.42 Å². The van der Waals surface area contributed by atoms with E-state index >= 15 is 0 Å². The lowest BCUT2D eigenvalue weighted by Crippen LogP contribution is -2.31. The van der Waals surface area contributed by atoms with Crippen LogP contribution in [0.2, 0.25) is 0 Å². The van der Waals surface area contributed by atoms with Crippen LogP contribution in [0, 0.1) is 0 Å². The number of rotatable bonds is 7. The van der Waals surface area contributed by atoms with Crippen molar-refractivity contribution >= 4 is 0 Å². The van der Waals surface area contributed by atoms with Crippen molar-refractivity contribution in [2.75, 3.05) is 13.7 Å². The molecule has 1 aliphatic rings. The number of hydrogen-bond acceptors (Lipinski definition) is 2. The zero-order valence-corrected chi connectivity index (χ0v) is 12.8. The van der Waals surface area contributed by atoms with Crippen LogP contribution in [0.1, 0.15) is 44.6 Å². The molecule has 0 aromatic heterocycles. The Balaban J connectivity index is 2.02. The Bertz CT molecular complexity index is 439. The van der Waals surface area contributed by atoms with Crippen LogP contribution < -0.4 is 10.1 Å². The SMILES string of the molecule is CCNC(CC1=CCCCC1)Cc1ccccc1OC. The molecule has 20 heavy (non-hydrogen) atoms. The molecule has 1 N–H and O–H groups in total. The van der Waals surface area contributed by atoms with Crippen molar-refractivity contribution in [3.8, 4) is 5.75 Å². The van der Waals surface area contributed by atoms with Crippen LogP contribution in [0.25, 0.3) is 0 Å². The Hall–Kier alpha value is -1.28. The highest BCUT2D eigenvalue weighted by molar-refractivity contribution is 5.34. The van der Waals surface area contributed by atoms with Crippen LogP contribution in [-0.4, -0.2) is 19.7 Å². The van der Waals surface area contributed by atoms with Gasteiger partial charge in [0.05, 0.1) is 7.11 Å². The molecule has 110 valence electrons.